The van der Waals surface area contributed by atoms with Gasteiger partial charge in [-0.25, -0.2) is 14.5 Å². The van der Waals surface area contributed by atoms with Crippen LogP contribution in [-0.4, -0.2) is 65.7 Å². The number of benzene rings is 2. The first-order chi connectivity index (χ1) is 17.1. The number of hydrogen-bond acceptors (Lipinski definition) is 9. The van der Waals surface area contributed by atoms with Gasteiger partial charge in [0.25, 0.3) is 5.91 Å². The van der Waals surface area contributed by atoms with E-state index in [2.05, 4.69) is 20.3 Å². The van der Waals surface area contributed by atoms with Gasteiger partial charge in [-0.05, 0) is 17.7 Å². The number of nitrogens with zero attached hydrogens (tertiary/aromatic N) is 4. The van der Waals surface area contributed by atoms with Crippen LogP contribution in [0.3, 0.4) is 0 Å². The number of rotatable bonds is 7. The molecule has 0 radical (unpaired) electrons. The Labute approximate surface area is 199 Å². The van der Waals surface area contributed by atoms with Gasteiger partial charge in [-0.3, -0.25) is 4.79 Å². The highest BCUT2D eigenvalue weighted by atomic mass is 16.6. The smallest absolute Gasteiger partial charge is 0.301 e. The molecule has 11 heteroatoms. The van der Waals surface area contributed by atoms with Crippen molar-refractivity contribution >= 4 is 22.9 Å². The van der Waals surface area contributed by atoms with E-state index >= 15 is 0 Å². The Kier molecular flexibility index (Phi) is 6.38. The van der Waals surface area contributed by atoms with E-state index in [-0.39, 0.29) is 35.5 Å². The van der Waals surface area contributed by atoms with Crippen molar-refractivity contribution in [1.29, 1.82) is 0 Å². The molecule has 1 aliphatic rings. The largest absolute Gasteiger partial charge is 0.460 e. The van der Waals surface area contributed by atoms with E-state index in [1.165, 1.54) is 10.9 Å². The molecule has 4 N–H and O–H groups in total. The zero-order valence-electron chi connectivity index (χ0n) is 18.4. The monoisotopic (exact) mass is 477 g/mol. The maximum Gasteiger partial charge on any atom is 0.301 e. The van der Waals surface area contributed by atoms with Gasteiger partial charge < -0.3 is 30.1 Å². The lowest BCUT2D eigenvalue weighted by atomic mass is 10.1. The summed E-state index contributed by atoms with van der Waals surface area (Å²) in [6.07, 6.45) is -3.63. The predicted molar refractivity (Wildman–Crippen MR) is 124 cm³/mol. The number of imidazole rings is 1. The number of aromatic nitrogens is 4. The van der Waals surface area contributed by atoms with Gasteiger partial charge in [0.2, 0.25) is 0 Å². The van der Waals surface area contributed by atoms with Crippen molar-refractivity contribution in [3.8, 4) is 6.01 Å². The molecule has 0 bridgehead atoms. The molecule has 2 aromatic heterocycles. The van der Waals surface area contributed by atoms with E-state index in [0.717, 1.165) is 5.56 Å². The van der Waals surface area contributed by atoms with Crippen LogP contribution >= 0.6 is 0 Å². The molecule has 0 unspecified atom stereocenters. The third-order valence-corrected chi connectivity index (χ3v) is 5.69. The Hall–Kier alpha value is -3.90. The summed E-state index contributed by atoms with van der Waals surface area (Å²) in [5.41, 5.74) is 1.72. The molecule has 1 saturated heterocycles. The van der Waals surface area contributed by atoms with Gasteiger partial charge >= 0.3 is 6.01 Å². The first-order valence-corrected chi connectivity index (χ1v) is 11.0. The van der Waals surface area contributed by atoms with Crippen LogP contribution in [0, 0.1) is 0 Å². The summed E-state index contributed by atoms with van der Waals surface area (Å²) in [5, 5.41) is 33.2. The van der Waals surface area contributed by atoms with E-state index in [0.29, 0.717) is 5.56 Å². The first-order valence-electron chi connectivity index (χ1n) is 11.0. The summed E-state index contributed by atoms with van der Waals surface area (Å²) in [7, 11) is 0. The third kappa shape index (κ3) is 4.45. The molecule has 3 heterocycles. The number of aliphatic hydroxyl groups excluding tert-OH is 3. The van der Waals surface area contributed by atoms with Crippen molar-refractivity contribution < 1.29 is 29.6 Å². The van der Waals surface area contributed by atoms with Gasteiger partial charge in [0.15, 0.2) is 23.2 Å². The molecule has 11 nitrogen and oxygen atoms in total. The summed E-state index contributed by atoms with van der Waals surface area (Å²) in [5.74, 6) is -0.251. The average molecular weight is 477 g/mol. The summed E-state index contributed by atoms with van der Waals surface area (Å²) in [4.78, 5) is 25.7. The van der Waals surface area contributed by atoms with Gasteiger partial charge in [0, 0.05) is 5.56 Å². The maximum absolute atomic E-state index is 12.7. The minimum atomic E-state index is -1.39. The van der Waals surface area contributed by atoms with Crippen molar-refractivity contribution in [3.63, 3.8) is 0 Å². The highest BCUT2D eigenvalue weighted by molar-refractivity contribution is 6.06. The molecular weight excluding hydrogens is 454 g/mol. The molecule has 4 atom stereocenters. The number of carbonyl (C=O) groups excluding carboxylic acids is 1. The van der Waals surface area contributed by atoms with Crippen LogP contribution in [0.2, 0.25) is 0 Å². The summed E-state index contributed by atoms with van der Waals surface area (Å²) < 4.78 is 13.1. The summed E-state index contributed by atoms with van der Waals surface area (Å²) >= 11 is 0. The number of aliphatic hydroxyl groups is 3. The van der Waals surface area contributed by atoms with E-state index in [4.69, 9.17) is 9.47 Å². The van der Waals surface area contributed by atoms with Crippen molar-refractivity contribution in [1.82, 2.24) is 19.5 Å². The first kappa shape index (κ1) is 22.9. The van der Waals surface area contributed by atoms with Crippen LogP contribution < -0.4 is 10.1 Å². The quantitative estimate of drug-likeness (QED) is 0.308. The summed E-state index contributed by atoms with van der Waals surface area (Å²) in [6, 6.07) is 18.1. The minimum Gasteiger partial charge on any atom is -0.460 e. The van der Waals surface area contributed by atoms with Crippen LogP contribution in [0.5, 0.6) is 6.01 Å². The number of amides is 1. The molecule has 35 heavy (non-hydrogen) atoms. The molecule has 2 aromatic carbocycles. The lowest BCUT2D eigenvalue weighted by Crippen LogP contribution is -2.33. The Morgan fingerprint density at radius 2 is 1.74 bits per heavy atom. The van der Waals surface area contributed by atoms with Gasteiger partial charge in [-0.15, -0.1) is 0 Å². The molecule has 1 amide bonds. The van der Waals surface area contributed by atoms with Gasteiger partial charge in [-0.2, -0.15) is 4.98 Å². The van der Waals surface area contributed by atoms with Gasteiger partial charge in [-0.1, -0.05) is 48.5 Å². The summed E-state index contributed by atoms with van der Waals surface area (Å²) in [6.45, 7) is -0.340. The standard InChI is InChI=1S/C24H23N5O6/c30-11-16-18(31)19(32)23(35-16)29-21-17(27-24(29)34-12-14-7-3-1-4-8-14)20(25-13-26-21)28-22(33)15-9-5-2-6-10-15/h1-10,13,16,18-19,23,30-32H,11-12H2,(H,25,26,28,33)/t16-,18-,19-,23-/m1/s1. The fourth-order valence-corrected chi connectivity index (χ4v) is 3.90. The number of anilines is 1. The SMILES string of the molecule is O=C(Nc1ncnc2c1nc(OCc1ccccc1)n2[C@@H]1O[C@H](CO)[C@@H](O)[C@H]1O)c1ccccc1. The maximum atomic E-state index is 12.7. The Balaban J connectivity index is 1.55. The average Bonchev–Trinajstić information content (AvgIpc) is 3.41. The van der Waals surface area contributed by atoms with E-state index in [1.54, 1.807) is 30.3 Å². The number of ether oxygens (including phenoxy) is 2. The molecule has 180 valence electrons. The van der Waals surface area contributed by atoms with E-state index in [9.17, 15) is 20.1 Å². The Bertz CT molecular complexity index is 1320. The second kappa shape index (κ2) is 9.76. The molecule has 4 aromatic rings. The second-order valence-corrected chi connectivity index (χ2v) is 7.98. The van der Waals surface area contributed by atoms with Crippen molar-refractivity contribution in [2.24, 2.45) is 0 Å². The van der Waals surface area contributed by atoms with Crippen molar-refractivity contribution in [3.05, 3.63) is 78.1 Å². The number of hydrogen-bond donors (Lipinski definition) is 4. The van der Waals surface area contributed by atoms with Crippen LogP contribution in [0.1, 0.15) is 22.1 Å². The molecule has 0 spiro atoms. The van der Waals surface area contributed by atoms with Crippen molar-refractivity contribution in [2.45, 2.75) is 31.1 Å². The molecule has 1 fully saturated rings. The molecule has 0 aliphatic carbocycles. The van der Waals surface area contributed by atoms with Crippen LogP contribution in [-0.2, 0) is 11.3 Å². The second-order valence-electron chi connectivity index (χ2n) is 7.98. The molecule has 1 aliphatic heterocycles. The van der Waals surface area contributed by atoms with Gasteiger partial charge in [0.1, 0.15) is 31.2 Å². The Morgan fingerprint density at radius 1 is 1.03 bits per heavy atom. The molecule has 5 rings (SSSR count). The lowest BCUT2D eigenvalue weighted by Gasteiger charge is -2.19. The highest BCUT2D eigenvalue weighted by Crippen LogP contribution is 2.36. The third-order valence-electron chi connectivity index (χ3n) is 5.69. The zero-order chi connectivity index (χ0) is 24.4. The lowest BCUT2D eigenvalue weighted by molar-refractivity contribution is -0.0545. The fraction of sp³-hybridized carbons (Fsp3) is 0.250. The number of fused-ring (bicyclic) bond motifs is 1. The van der Waals surface area contributed by atoms with Gasteiger partial charge in [0.05, 0.1) is 6.61 Å². The predicted octanol–water partition coefficient (Wildman–Crippen LogP) is 1.27. The number of carbonyl (C=O) groups is 1. The number of nitrogens with one attached hydrogen (secondary N) is 1. The van der Waals surface area contributed by atoms with Crippen molar-refractivity contribution in [2.75, 3.05) is 11.9 Å². The van der Waals surface area contributed by atoms with E-state index in [1.807, 2.05) is 30.3 Å². The molecular formula is C24H23N5O6. The zero-order valence-corrected chi connectivity index (χ0v) is 18.4. The highest BCUT2D eigenvalue weighted by Gasteiger charge is 2.45. The fourth-order valence-electron chi connectivity index (χ4n) is 3.90. The van der Waals surface area contributed by atoms with Crippen LogP contribution in [0.15, 0.2) is 67.0 Å². The van der Waals surface area contributed by atoms with Crippen LogP contribution in [0.4, 0.5) is 5.82 Å². The van der Waals surface area contributed by atoms with E-state index < -0.39 is 31.1 Å². The topological polar surface area (TPSA) is 152 Å². The van der Waals surface area contributed by atoms with Crippen LogP contribution in [0.25, 0.3) is 11.2 Å². The normalized spacial score (nSPS) is 21.8. The molecule has 0 saturated carbocycles. The minimum absolute atomic E-state index is 0.0365. The Morgan fingerprint density at radius 3 is 2.43 bits per heavy atom.